The number of imidazole rings is 2. The second-order valence-electron chi connectivity index (χ2n) is 7.49. The van der Waals surface area contributed by atoms with Gasteiger partial charge in [0.2, 0.25) is 12.7 Å². The summed E-state index contributed by atoms with van der Waals surface area (Å²) in [6.07, 6.45) is 26.8. The number of aromatic amines is 2. The predicted octanol–water partition coefficient (Wildman–Crippen LogP) is -2.71. The molecule has 0 spiro atoms. The van der Waals surface area contributed by atoms with Crippen LogP contribution in [-0.4, -0.2) is 9.97 Å². The summed E-state index contributed by atoms with van der Waals surface area (Å²) < 4.78 is 4.99. The van der Waals surface area contributed by atoms with Crippen LogP contribution in [0.1, 0.15) is 64.2 Å². The lowest BCUT2D eigenvalue weighted by molar-refractivity contribution is -1.01. The quantitative estimate of drug-likeness (QED) is 0.453. The number of H-pyrrole nitrogens is 2. The fourth-order valence-electron chi connectivity index (χ4n) is 5.39. The maximum atomic E-state index is 3.31. The van der Waals surface area contributed by atoms with Gasteiger partial charge in [0, 0.05) is 11.8 Å². The van der Waals surface area contributed by atoms with Crippen LogP contribution in [0.15, 0.2) is 37.4 Å². The van der Waals surface area contributed by atoms with E-state index in [2.05, 4.69) is 56.5 Å². The van der Waals surface area contributed by atoms with E-state index in [9.17, 15) is 0 Å². The molecule has 0 saturated heterocycles. The van der Waals surface area contributed by atoms with Gasteiger partial charge in [-0.15, -0.1) is 0 Å². The number of hydrogen-bond acceptors (Lipinski definition) is 0. The number of rotatable bonds is 4. The highest BCUT2D eigenvalue weighted by molar-refractivity contribution is 4.85. The Bertz CT molecular complexity index is 531. The first kappa shape index (κ1) is 20.7. The molecular weight excluding hydrogens is 444 g/mol. The lowest BCUT2D eigenvalue weighted by atomic mass is 9.68. The molecule has 6 heteroatoms. The van der Waals surface area contributed by atoms with E-state index in [0.717, 1.165) is 11.8 Å². The van der Waals surface area contributed by atoms with Crippen molar-refractivity contribution < 1.29 is 43.1 Å². The topological polar surface area (TPSA) is 39.3 Å². The zero-order valence-electron chi connectivity index (χ0n) is 14.8. The van der Waals surface area contributed by atoms with Crippen LogP contribution in [0.3, 0.4) is 0 Å². The average Bonchev–Trinajstić information content (AvgIpc) is 3.32. The molecule has 2 aliphatic carbocycles. The summed E-state index contributed by atoms with van der Waals surface area (Å²) in [7, 11) is 0. The highest BCUT2D eigenvalue weighted by Crippen LogP contribution is 2.42. The largest absolute Gasteiger partial charge is 1.00 e. The minimum Gasteiger partial charge on any atom is -1.00 e. The predicted molar refractivity (Wildman–Crippen MR) is 88.5 cm³/mol. The van der Waals surface area contributed by atoms with E-state index < -0.39 is 0 Å². The van der Waals surface area contributed by atoms with Gasteiger partial charge in [-0.2, -0.15) is 9.13 Å². The Morgan fingerprint density at radius 3 is 1.36 bits per heavy atom. The molecule has 0 aliphatic heterocycles. The molecule has 4 nitrogen and oxygen atoms in total. The second-order valence-corrected chi connectivity index (χ2v) is 7.49. The zero-order chi connectivity index (χ0) is 15.5. The van der Waals surface area contributed by atoms with E-state index >= 15 is 0 Å². The molecule has 2 fully saturated rings. The Hall–Kier alpha value is -0.620. The van der Waals surface area contributed by atoms with Gasteiger partial charge in [-0.05, 0) is 25.7 Å². The highest BCUT2D eigenvalue weighted by Gasteiger charge is 2.56. The third-order valence-electron chi connectivity index (χ3n) is 6.33. The minimum absolute atomic E-state index is 0. The van der Waals surface area contributed by atoms with Crippen molar-refractivity contribution >= 4 is 0 Å². The Morgan fingerprint density at radius 2 is 1.04 bits per heavy atom. The van der Waals surface area contributed by atoms with Crippen molar-refractivity contribution in [3.05, 3.63) is 37.4 Å². The molecule has 2 aromatic heterocycles. The van der Waals surface area contributed by atoms with Crippen LogP contribution < -0.4 is 43.1 Å². The summed E-state index contributed by atoms with van der Waals surface area (Å²) in [5, 5.41) is 0. The van der Waals surface area contributed by atoms with Crippen LogP contribution in [0.5, 0.6) is 0 Å². The molecule has 2 aromatic rings. The number of halogens is 2. The molecule has 2 saturated carbocycles. The van der Waals surface area contributed by atoms with Crippen molar-refractivity contribution in [3.8, 4) is 0 Å². The van der Waals surface area contributed by atoms with E-state index in [1.165, 1.54) is 64.2 Å². The average molecular weight is 474 g/mol. The number of nitrogens with one attached hydrogen (secondary N) is 2. The molecule has 2 heterocycles. The van der Waals surface area contributed by atoms with Crippen molar-refractivity contribution in [1.82, 2.24) is 9.97 Å². The lowest BCUT2D eigenvalue weighted by Crippen LogP contribution is -3.00. The first-order chi connectivity index (χ1) is 11.4. The third-order valence-corrected chi connectivity index (χ3v) is 6.33. The summed E-state index contributed by atoms with van der Waals surface area (Å²) in [5.41, 5.74) is 0.0564. The normalized spacial score (nSPS) is 19.8. The van der Waals surface area contributed by atoms with Crippen molar-refractivity contribution in [2.45, 2.75) is 69.9 Å². The van der Waals surface area contributed by atoms with Gasteiger partial charge in [0.05, 0.1) is 0 Å². The van der Waals surface area contributed by atoms with Crippen LogP contribution in [-0.2, 0) is 5.66 Å². The van der Waals surface area contributed by atoms with E-state index in [1.54, 1.807) is 0 Å². The summed E-state index contributed by atoms with van der Waals surface area (Å²) in [4.78, 5) is 6.63. The molecule has 2 aliphatic rings. The fraction of sp³-hybridized carbons (Fsp3) is 0.684. The van der Waals surface area contributed by atoms with Gasteiger partial charge >= 0.3 is 0 Å². The number of nitrogens with zero attached hydrogens (tertiary/aromatic N) is 2. The molecule has 25 heavy (non-hydrogen) atoms. The van der Waals surface area contributed by atoms with Crippen molar-refractivity contribution in [1.29, 1.82) is 0 Å². The molecule has 0 aromatic carbocycles. The Morgan fingerprint density at radius 1 is 0.640 bits per heavy atom. The maximum Gasteiger partial charge on any atom is 0.257 e. The maximum absolute atomic E-state index is 3.31. The molecular formula is C19H30Br2N4. The van der Waals surface area contributed by atoms with Crippen molar-refractivity contribution in [3.63, 3.8) is 0 Å². The van der Waals surface area contributed by atoms with Crippen molar-refractivity contribution in [2.24, 2.45) is 11.8 Å². The molecule has 4 rings (SSSR count). The van der Waals surface area contributed by atoms with Gasteiger partial charge in [-0.3, -0.25) is 9.97 Å². The SMILES string of the molecule is [Br-].[Br-].c1c[n+](C(C2CCCCC2)(C2CCCCC2)[n+]2cc[nH]c2)c[nH]1. The third kappa shape index (κ3) is 3.75. The Labute approximate surface area is 172 Å². The van der Waals surface area contributed by atoms with Gasteiger partial charge in [-0.1, -0.05) is 38.5 Å². The van der Waals surface area contributed by atoms with Crippen LogP contribution in [0, 0.1) is 11.8 Å². The van der Waals surface area contributed by atoms with Gasteiger partial charge in [0.15, 0.2) is 0 Å². The summed E-state index contributed by atoms with van der Waals surface area (Å²) in [6, 6.07) is 0. The summed E-state index contributed by atoms with van der Waals surface area (Å²) in [6.45, 7) is 0. The molecule has 0 bridgehead atoms. The molecule has 2 N–H and O–H groups in total. The van der Waals surface area contributed by atoms with E-state index in [0.29, 0.717) is 0 Å². The van der Waals surface area contributed by atoms with Gasteiger partial charge < -0.3 is 34.0 Å². The van der Waals surface area contributed by atoms with Crippen LogP contribution in [0.25, 0.3) is 0 Å². The monoisotopic (exact) mass is 472 g/mol. The number of hydrogen-bond donors (Lipinski definition) is 2. The minimum atomic E-state index is 0. The lowest BCUT2D eigenvalue weighted by Gasteiger charge is -2.43. The van der Waals surface area contributed by atoms with Crippen LogP contribution in [0.4, 0.5) is 0 Å². The number of aromatic nitrogens is 4. The van der Waals surface area contributed by atoms with Crippen LogP contribution >= 0.6 is 0 Å². The smallest absolute Gasteiger partial charge is 0.257 e. The summed E-state index contributed by atoms with van der Waals surface area (Å²) in [5.74, 6) is 1.45. The molecule has 0 radical (unpaired) electrons. The Kier molecular flexibility index (Phi) is 7.74. The van der Waals surface area contributed by atoms with Gasteiger partial charge in [0.1, 0.15) is 24.8 Å². The Balaban J connectivity index is 0.00000113. The molecule has 0 unspecified atom stereocenters. The van der Waals surface area contributed by atoms with E-state index in [1.807, 2.05) is 0 Å². The first-order valence-electron chi connectivity index (χ1n) is 9.51. The molecule has 0 amide bonds. The molecule has 140 valence electrons. The van der Waals surface area contributed by atoms with Gasteiger partial charge in [0.25, 0.3) is 5.66 Å². The first-order valence-corrected chi connectivity index (χ1v) is 9.51. The van der Waals surface area contributed by atoms with Crippen LogP contribution in [0.2, 0.25) is 0 Å². The standard InChI is InChI=1S/C19H28N4.2BrH/c1-3-7-17(8-4-1)19(22-13-11-20-15-22,23-14-12-21-16-23)18-9-5-2-6-10-18;;/h11-18H,1-10H2;2*1H. The van der Waals surface area contributed by atoms with Crippen molar-refractivity contribution in [2.75, 3.05) is 0 Å². The summed E-state index contributed by atoms with van der Waals surface area (Å²) >= 11 is 0. The second kappa shape index (κ2) is 9.36. The fourth-order valence-corrected chi connectivity index (χ4v) is 5.39. The van der Waals surface area contributed by atoms with E-state index in [-0.39, 0.29) is 39.6 Å². The van der Waals surface area contributed by atoms with E-state index in [4.69, 9.17) is 0 Å². The molecule has 0 atom stereocenters. The highest BCUT2D eigenvalue weighted by atomic mass is 79.9. The van der Waals surface area contributed by atoms with Gasteiger partial charge in [-0.25, -0.2) is 0 Å². The zero-order valence-corrected chi connectivity index (χ0v) is 18.0.